The molecule has 1 aliphatic heterocycles. The molecule has 3 rings (SSSR count). The lowest BCUT2D eigenvalue weighted by molar-refractivity contribution is 0.0858. The number of benzene rings is 2. The number of carbonyl (C=O) groups is 2. The molecule has 0 aliphatic carbocycles. The molecule has 1 aliphatic rings. The topological polar surface area (TPSA) is 67.4 Å². The summed E-state index contributed by atoms with van der Waals surface area (Å²) in [6, 6.07) is 10.3. The van der Waals surface area contributed by atoms with E-state index in [1.54, 1.807) is 24.3 Å². The molecule has 2 aromatic rings. The third kappa shape index (κ3) is 4.39. The number of carbonyl (C=O) groups excluding carboxylic acids is 2. The Morgan fingerprint density at radius 1 is 1.15 bits per heavy atom. The third-order valence-electron chi connectivity index (χ3n) is 4.11. The van der Waals surface area contributed by atoms with E-state index in [1.807, 2.05) is 0 Å². The summed E-state index contributed by atoms with van der Waals surface area (Å²) in [5.41, 5.74) is 0.398. The van der Waals surface area contributed by atoms with E-state index in [2.05, 4.69) is 10.6 Å². The Hall–Kier alpha value is -2.44. The van der Waals surface area contributed by atoms with E-state index < -0.39 is 11.7 Å². The molecule has 1 unspecified atom stereocenters. The van der Waals surface area contributed by atoms with E-state index >= 15 is 0 Å². The Bertz CT molecular complexity index is 822. The molecular weight excluding hydrogens is 359 g/mol. The fraction of sp³-hybridized carbons (Fsp3) is 0.263. The lowest BCUT2D eigenvalue weighted by atomic mass is 10.1. The maximum Gasteiger partial charge on any atom is 0.258 e. The molecule has 1 fully saturated rings. The van der Waals surface area contributed by atoms with Gasteiger partial charge in [0.25, 0.3) is 11.8 Å². The van der Waals surface area contributed by atoms with Crippen LogP contribution in [0.15, 0.2) is 42.5 Å². The predicted molar refractivity (Wildman–Crippen MR) is 97.1 cm³/mol. The highest BCUT2D eigenvalue weighted by atomic mass is 35.5. The first-order chi connectivity index (χ1) is 12.5. The van der Waals surface area contributed by atoms with E-state index in [0.29, 0.717) is 24.4 Å². The summed E-state index contributed by atoms with van der Waals surface area (Å²) in [7, 11) is 0. The minimum Gasteiger partial charge on any atom is -0.376 e. The van der Waals surface area contributed by atoms with Crippen molar-refractivity contribution in [2.24, 2.45) is 0 Å². The number of amides is 2. The van der Waals surface area contributed by atoms with Gasteiger partial charge >= 0.3 is 0 Å². The van der Waals surface area contributed by atoms with E-state index in [-0.39, 0.29) is 22.6 Å². The lowest BCUT2D eigenvalue weighted by Crippen LogP contribution is -2.32. The molecule has 1 heterocycles. The molecule has 26 heavy (non-hydrogen) atoms. The van der Waals surface area contributed by atoms with Crippen molar-refractivity contribution in [2.75, 3.05) is 18.5 Å². The van der Waals surface area contributed by atoms with Gasteiger partial charge in [0.1, 0.15) is 5.82 Å². The first kappa shape index (κ1) is 18.4. The van der Waals surface area contributed by atoms with Gasteiger partial charge in [0, 0.05) is 18.2 Å². The average Bonchev–Trinajstić information content (AvgIpc) is 3.15. The van der Waals surface area contributed by atoms with Gasteiger partial charge in [-0.3, -0.25) is 9.59 Å². The summed E-state index contributed by atoms with van der Waals surface area (Å²) in [6.45, 7) is 1.11. The Morgan fingerprint density at radius 3 is 2.73 bits per heavy atom. The van der Waals surface area contributed by atoms with E-state index in [9.17, 15) is 14.0 Å². The summed E-state index contributed by atoms with van der Waals surface area (Å²) in [5, 5.41) is 5.63. The number of anilines is 1. The van der Waals surface area contributed by atoms with Crippen molar-refractivity contribution in [3.05, 3.63) is 64.4 Å². The largest absolute Gasteiger partial charge is 0.376 e. The second-order valence-electron chi connectivity index (χ2n) is 5.97. The van der Waals surface area contributed by atoms with Crippen LogP contribution < -0.4 is 10.6 Å². The van der Waals surface area contributed by atoms with Gasteiger partial charge in [-0.05, 0) is 43.2 Å². The summed E-state index contributed by atoms with van der Waals surface area (Å²) < 4.78 is 19.3. The molecule has 0 aromatic heterocycles. The normalized spacial score (nSPS) is 16.3. The van der Waals surface area contributed by atoms with Gasteiger partial charge in [0.2, 0.25) is 0 Å². The van der Waals surface area contributed by atoms with Crippen molar-refractivity contribution < 1.29 is 18.7 Å². The van der Waals surface area contributed by atoms with Gasteiger partial charge in [0.15, 0.2) is 0 Å². The van der Waals surface area contributed by atoms with Crippen molar-refractivity contribution >= 4 is 29.1 Å². The minimum atomic E-state index is -0.688. The van der Waals surface area contributed by atoms with Crippen LogP contribution >= 0.6 is 11.6 Å². The SMILES string of the molecule is O=C(Nc1ccccc1C(=O)NCC1CCCO1)c1cc(Cl)ccc1F. The second kappa shape index (κ2) is 8.29. The molecule has 0 spiro atoms. The molecule has 136 valence electrons. The van der Waals surface area contributed by atoms with Crippen LogP contribution in [0.4, 0.5) is 10.1 Å². The molecule has 1 atom stereocenters. The number of hydrogen-bond donors (Lipinski definition) is 2. The van der Waals surface area contributed by atoms with Crippen molar-refractivity contribution in [3.63, 3.8) is 0 Å². The van der Waals surface area contributed by atoms with Gasteiger partial charge in [-0.15, -0.1) is 0 Å². The monoisotopic (exact) mass is 376 g/mol. The van der Waals surface area contributed by atoms with Crippen LogP contribution in [0.5, 0.6) is 0 Å². The highest BCUT2D eigenvalue weighted by Crippen LogP contribution is 2.20. The third-order valence-corrected chi connectivity index (χ3v) is 4.34. The number of halogens is 2. The molecule has 2 aromatic carbocycles. The smallest absolute Gasteiger partial charge is 0.258 e. The Morgan fingerprint density at radius 2 is 1.96 bits per heavy atom. The summed E-state index contributed by atoms with van der Waals surface area (Å²) in [5.74, 6) is -1.69. The quantitative estimate of drug-likeness (QED) is 0.837. The molecule has 1 saturated heterocycles. The number of hydrogen-bond acceptors (Lipinski definition) is 3. The van der Waals surface area contributed by atoms with Gasteiger partial charge in [0.05, 0.1) is 22.9 Å². The van der Waals surface area contributed by atoms with Gasteiger partial charge in [-0.2, -0.15) is 0 Å². The van der Waals surface area contributed by atoms with Gasteiger partial charge < -0.3 is 15.4 Å². The van der Waals surface area contributed by atoms with Crippen molar-refractivity contribution in [1.82, 2.24) is 5.32 Å². The Kier molecular flexibility index (Phi) is 5.85. The number of rotatable bonds is 5. The Balaban J connectivity index is 1.73. The molecule has 0 radical (unpaired) electrons. The fourth-order valence-corrected chi connectivity index (χ4v) is 2.93. The van der Waals surface area contributed by atoms with Gasteiger partial charge in [-0.1, -0.05) is 23.7 Å². The fourth-order valence-electron chi connectivity index (χ4n) is 2.76. The molecule has 2 N–H and O–H groups in total. The van der Waals surface area contributed by atoms with E-state index in [0.717, 1.165) is 18.9 Å². The van der Waals surface area contributed by atoms with Crippen LogP contribution in [0.3, 0.4) is 0 Å². The number of nitrogens with one attached hydrogen (secondary N) is 2. The van der Waals surface area contributed by atoms with E-state index in [4.69, 9.17) is 16.3 Å². The summed E-state index contributed by atoms with van der Waals surface area (Å²) >= 11 is 5.83. The Labute approximate surface area is 155 Å². The minimum absolute atomic E-state index is 0.0151. The zero-order valence-electron chi connectivity index (χ0n) is 13.9. The van der Waals surface area contributed by atoms with Crippen LogP contribution in [-0.2, 0) is 4.74 Å². The van der Waals surface area contributed by atoms with Crippen molar-refractivity contribution in [1.29, 1.82) is 0 Å². The van der Waals surface area contributed by atoms with Crippen LogP contribution in [0.1, 0.15) is 33.6 Å². The first-order valence-electron chi connectivity index (χ1n) is 8.30. The predicted octanol–water partition coefficient (Wildman–Crippen LogP) is 3.64. The maximum absolute atomic E-state index is 13.9. The summed E-state index contributed by atoms with van der Waals surface area (Å²) in [4.78, 5) is 24.8. The number of ether oxygens (including phenoxy) is 1. The van der Waals surface area contributed by atoms with Crippen molar-refractivity contribution in [3.8, 4) is 0 Å². The molecule has 7 heteroatoms. The summed E-state index contributed by atoms with van der Waals surface area (Å²) in [6.07, 6.45) is 1.91. The standard InChI is InChI=1S/C19H18ClFN2O3/c20-12-7-8-16(21)15(10-12)19(25)23-17-6-2-1-5-14(17)18(24)22-11-13-4-3-9-26-13/h1-2,5-8,10,13H,3-4,9,11H2,(H,22,24)(H,23,25). The zero-order chi connectivity index (χ0) is 18.5. The second-order valence-corrected chi connectivity index (χ2v) is 6.41. The molecule has 0 bridgehead atoms. The lowest BCUT2D eigenvalue weighted by Gasteiger charge is -2.14. The van der Waals surface area contributed by atoms with Gasteiger partial charge in [-0.25, -0.2) is 4.39 Å². The molecule has 0 saturated carbocycles. The molecule has 5 nitrogen and oxygen atoms in total. The average molecular weight is 377 g/mol. The van der Waals surface area contributed by atoms with Crippen LogP contribution in [-0.4, -0.2) is 31.1 Å². The highest BCUT2D eigenvalue weighted by molar-refractivity contribution is 6.31. The molecular formula is C19H18ClFN2O3. The van der Waals surface area contributed by atoms with Crippen molar-refractivity contribution in [2.45, 2.75) is 18.9 Å². The molecule has 2 amide bonds. The van der Waals surface area contributed by atoms with Crippen LogP contribution in [0.25, 0.3) is 0 Å². The first-order valence-corrected chi connectivity index (χ1v) is 8.67. The van der Waals surface area contributed by atoms with E-state index in [1.165, 1.54) is 12.1 Å². The maximum atomic E-state index is 13.9. The van der Waals surface area contributed by atoms with Crippen LogP contribution in [0, 0.1) is 5.82 Å². The highest BCUT2D eigenvalue weighted by Gasteiger charge is 2.19. The number of para-hydroxylation sites is 1. The zero-order valence-corrected chi connectivity index (χ0v) is 14.7. The van der Waals surface area contributed by atoms with Crippen LogP contribution in [0.2, 0.25) is 5.02 Å².